The largest absolute Gasteiger partial charge is 0.478 e. The van der Waals surface area contributed by atoms with E-state index >= 15 is 0 Å². The predicted octanol–water partition coefficient (Wildman–Crippen LogP) is 2.29. The first-order chi connectivity index (χ1) is 12.2. The van der Waals surface area contributed by atoms with E-state index in [0.717, 1.165) is 51.1 Å². The van der Waals surface area contributed by atoms with E-state index in [9.17, 15) is 4.79 Å². The fourth-order valence-electron chi connectivity index (χ4n) is 3.85. The molecule has 0 spiro atoms. The van der Waals surface area contributed by atoms with E-state index in [1.807, 2.05) is 11.9 Å². The molecule has 0 aromatic carbocycles. The number of nitrogens with one attached hydrogen (secondary N) is 1. The predicted molar refractivity (Wildman–Crippen MR) is 96.9 cm³/mol. The van der Waals surface area contributed by atoms with Crippen molar-refractivity contribution in [3.05, 3.63) is 12.4 Å². The summed E-state index contributed by atoms with van der Waals surface area (Å²) >= 11 is 0. The summed E-state index contributed by atoms with van der Waals surface area (Å²) in [5.41, 5.74) is 0. The lowest BCUT2D eigenvalue weighted by Crippen LogP contribution is -2.48. The summed E-state index contributed by atoms with van der Waals surface area (Å²) in [6.07, 6.45) is 10.1. The topological polar surface area (TPSA) is 70.6 Å². The summed E-state index contributed by atoms with van der Waals surface area (Å²) in [6, 6.07) is 0.509. The van der Waals surface area contributed by atoms with Crippen LogP contribution in [-0.4, -0.2) is 60.7 Å². The SMILES string of the molecule is COc1nccnc1N(C)CC1CCN(C(=O)NC2CCCC2)CC1. The maximum absolute atomic E-state index is 12.4. The number of nitrogens with zero attached hydrogens (tertiary/aromatic N) is 4. The van der Waals surface area contributed by atoms with E-state index in [4.69, 9.17) is 4.74 Å². The van der Waals surface area contributed by atoms with E-state index in [1.54, 1.807) is 19.5 Å². The Kier molecular flexibility index (Phi) is 5.94. The molecule has 1 aromatic rings. The first-order valence-electron chi connectivity index (χ1n) is 9.29. The number of likely N-dealkylation sites (tertiary alicyclic amines) is 1. The van der Waals surface area contributed by atoms with Gasteiger partial charge in [0, 0.05) is 45.1 Å². The van der Waals surface area contributed by atoms with E-state index in [1.165, 1.54) is 12.8 Å². The van der Waals surface area contributed by atoms with Gasteiger partial charge in [-0.25, -0.2) is 14.8 Å². The van der Waals surface area contributed by atoms with Crippen LogP contribution in [0.4, 0.5) is 10.6 Å². The molecule has 1 saturated heterocycles. The van der Waals surface area contributed by atoms with Crippen LogP contribution in [0.5, 0.6) is 5.88 Å². The molecule has 7 nitrogen and oxygen atoms in total. The minimum absolute atomic E-state index is 0.120. The summed E-state index contributed by atoms with van der Waals surface area (Å²) in [5.74, 6) is 1.87. The van der Waals surface area contributed by atoms with Gasteiger partial charge in [-0.1, -0.05) is 12.8 Å². The number of methoxy groups -OCH3 is 1. The number of carbonyl (C=O) groups is 1. The Balaban J connectivity index is 1.46. The van der Waals surface area contributed by atoms with Crippen LogP contribution >= 0.6 is 0 Å². The summed E-state index contributed by atoms with van der Waals surface area (Å²) in [5, 5.41) is 3.19. The van der Waals surface area contributed by atoms with Crippen molar-refractivity contribution in [3.63, 3.8) is 0 Å². The normalized spacial score (nSPS) is 19.0. The van der Waals surface area contributed by atoms with Gasteiger partial charge in [0.2, 0.25) is 0 Å². The molecule has 138 valence electrons. The van der Waals surface area contributed by atoms with Gasteiger partial charge in [-0.05, 0) is 31.6 Å². The number of amides is 2. The lowest BCUT2D eigenvalue weighted by Gasteiger charge is -2.34. The van der Waals surface area contributed by atoms with Gasteiger partial charge in [0.05, 0.1) is 7.11 Å². The van der Waals surface area contributed by atoms with Crippen molar-refractivity contribution in [1.29, 1.82) is 0 Å². The van der Waals surface area contributed by atoms with E-state index in [2.05, 4.69) is 20.2 Å². The molecule has 25 heavy (non-hydrogen) atoms. The third-order valence-corrected chi connectivity index (χ3v) is 5.32. The zero-order valence-electron chi connectivity index (χ0n) is 15.3. The molecule has 2 heterocycles. The Morgan fingerprint density at radius 2 is 1.92 bits per heavy atom. The lowest BCUT2D eigenvalue weighted by atomic mass is 9.96. The first kappa shape index (κ1) is 17.8. The Hall–Kier alpha value is -2.05. The van der Waals surface area contributed by atoms with Crippen LogP contribution in [0, 0.1) is 5.92 Å². The van der Waals surface area contributed by atoms with Crippen molar-refractivity contribution in [2.75, 3.05) is 38.7 Å². The summed E-state index contributed by atoms with van der Waals surface area (Å²) in [7, 11) is 3.63. The summed E-state index contributed by atoms with van der Waals surface area (Å²) in [4.78, 5) is 25.0. The number of aromatic nitrogens is 2. The third kappa shape index (κ3) is 4.52. The Labute approximate surface area is 149 Å². The van der Waals surface area contributed by atoms with Gasteiger partial charge in [-0.3, -0.25) is 0 Å². The summed E-state index contributed by atoms with van der Waals surface area (Å²) in [6.45, 7) is 2.55. The van der Waals surface area contributed by atoms with Crippen LogP contribution < -0.4 is 15.0 Å². The van der Waals surface area contributed by atoms with Gasteiger partial charge < -0.3 is 19.9 Å². The molecule has 1 saturated carbocycles. The molecule has 0 atom stereocenters. The average molecular weight is 347 g/mol. The number of anilines is 1. The smallest absolute Gasteiger partial charge is 0.317 e. The Bertz CT molecular complexity index is 568. The number of urea groups is 1. The molecule has 1 aromatic heterocycles. The number of hydrogen-bond donors (Lipinski definition) is 1. The highest BCUT2D eigenvalue weighted by molar-refractivity contribution is 5.74. The van der Waals surface area contributed by atoms with Crippen LogP contribution in [0.2, 0.25) is 0 Å². The number of ether oxygens (including phenoxy) is 1. The van der Waals surface area contributed by atoms with Gasteiger partial charge in [-0.15, -0.1) is 0 Å². The molecule has 3 rings (SSSR count). The molecule has 2 amide bonds. The number of rotatable bonds is 5. The number of hydrogen-bond acceptors (Lipinski definition) is 5. The molecule has 2 fully saturated rings. The van der Waals surface area contributed by atoms with Gasteiger partial charge >= 0.3 is 6.03 Å². The van der Waals surface area contributed by atoms with Crippen molar-refractivity contribution < 1.29 is 9.53 Å². The molecular weight excluding hydrogens is 318 g/mol. The van der Waals surface area contributed by atoms with Crippen LogP contribution in [0.15, 0.2) is 12.4 Å². The van der Waals surface area contributed by atoms with Gasteiger partial charge in [-0.2, -0.15) is 0 Å². The van der Waals surface area contributed by atoms with Crippen molar-refractivity contribution in [1.82, 2.24) is 20.2 Å². The Morgan fingerprint density at radius 1 is 1.24 bits per heavy atom. The number of piperidine rings is 1. The maximum Gasteiger partial charge on any atom is 0.317 e. The first-order valence-corrected chi connectivity index (χ1v) is 9.29. The minimum Gasteiger partial charge on any atom is -0.478 e. The Morgan fingerprint density at radius 3 is 2.60 bits per heavy atom. The molecule has 0 radical (unpaired) electrons. The third-order valence-electron chi connectivity index (χ3n) is 5.32. The van der Waals surface area contributed by atoms with E-state index < -0.39 is 0 Å². The van der Waals surface area contributed by atoms with Crippen molar-refractivity contribution >= 4 is 11.8 Å². The zero-order chi connectivity index (χ0) is 17.6. The minimum atomic E-state index is 0.120. The van der Waals surface area contributed by atoms with Gasteiger partial charge in [0.15, 0.2) is 5.82 Å². The molecular formula is C18H29N5O2. The van der Waals surface area contributed by atoms with Crippen LogP contribution in [0.3, 0.4) is 0 Å². The molecule has 0 unspecified atom stereocenters. The van der Waals surface area contributed by atoms with Crippen LogP contribution in [0.1, 0.15) is 38.5 Å². The van der Waals surface area contributed by atoms with Crippen molar-refractivity contribution in [2.24, 2.45) is 5.92 Å². The van der Waals surface area contributed by atoms with Crippen LogP contribution in [0.25, 0.3) is 0 Å². The second-order valence-corrected chi connectivity index (χ2v) is 7.13. The lowest BCUT2D eigenvalue weighted by molar-refractivity contribution is 0.168. The summed E-state index contributed by atoms with van der Waals surface area (Å²) < 4.78 is 5.29. The molecule has 1 aliphatic heterocycles. The maximum atomic E-state index is 12.4. The van der Waals surface area contributed by atoms with Crippen molar-refractivity contribution in [3.8, 4) is 5.88 Å². The number of carbonyl (C=O) groups excluding carboxylic acids is 1. The van der Waals surface area contributed by atoms with E-state index in [-0.39, 0.29) is 6.03 Å². The molecule has 2 aliphatic rings. The molecule has 0 bridgehead atoms. The molecule has 7 heteroatoms. The highest BCUT2D eigenvalue weighted by Crippen LogP contribution is 2.25. The fraction of sp³-hybridized carbons (Fsp3) is 0.722. The standard InChI is InChI=1S/C18H29N5O2/c1-22(16-17(25-2)20-10-9-19-16)13-14-7-11-23(12-8-14)18(24)21-15-5-3-4-6-15/h9-10,14-15H,3-8,11-13H2,1-2H3,(H,21,24). The van der Waals surface area contributed by atoms with Gasteiger partial charge in [0.25, 0.3) is 5.88 Å². The van der Waals surface area contributed by atoms with Crippen molar-refractivity contribution in [2.45, 2.75) is 44.6 Å². The monoisotopic (exact) mass is 347 g/mol. The van der Waals surface area contributed by atoms with E-state index in [0.29, 0.717) is 17.8 Å². The second kappa shape index (κ2) is 8.36. The molecule has 1 aliphatic carbocycles. The highest BCUT2D eigenvalue weighted by atomic mass is 16.5. The highest BCUT2D eigenvalue weighted by Gasteiger charge is 2.26. The zero-order valence-corrected chi connectivity index (χ0v) is 15.3. The quantitative estimate of drug-likeness (QED) is 0.885. The fourth-order valence-corrected chi connectivity index (χ4v) is 3.85. The average Bonchev–Trinajstić information content (AvgIpc) is 3.15. The van der Waals surface area contributed by atoms with Gasteiger partial charge in [0.1, 0.15) is 0 Å². The molecule has 1 N–H and O–H groups in total. The van der Waals surface area contributed by atoms with Crippen LogP contribution in [-0.2, 0) is 0 Å². The second-order valence-electron chi connectivity index (χ2n) is 7.13.